The van der Waals surface area contributed by atoms with Crippen molar-refractivity contribution in [3.63, 3.8) is 0 Å². The van der Waals surface area contributed by atoms with Gasteiger partial charge in [-0.05, 0) is 40.2 Å². The van der Waals surface area contributed by atoms with Crippen LogP contribution in [0.1, 0.15) is 47.5 Å². The van der Waals surface area contributed by atoms with Crippen LogP contribution in [0.5, 0.6) is 0 Å². The summed E-state index contributed by atoms with van der Waals surface area (Å²) in [4.78, 5) is 54.2. The molecule has 1 saturated heterocycles. The van der Waals surface area contributed by atoms with Crippen molar-refractivity contribution < 1.29 is 66.5 Å². The molecule has 0 spiro atoms. The van der Waals surface area contributed by atoms with Crippen LogP contribution in [0.3, 0.4) is 0 Å². The van der Waals surface area contributed by atoms with Gasteiger partial charge in [0.2, 0.25) is 5.76 Å². The quantitative estimate of drug-likeness (QED) is 0.0522. The number of ether oxygens (including phenoxy) is 10. The van der Waals surface area contributed by atoms with E-state index in [2.05, 4.69) is 16.2 Å². The third kappa shape index (κ3) is 15.3. The van der Waals surface area contributed by atoms with Crippen molar-refractivity contribution in [2.75, 3.05) is 66.6 Å². The largest absolute Gasteiger partial charge is 0.508 e. The molecule has 2 heterocycles. The molecule has 0 aromatic rings. The maximum atomic E-state index is 13.0. The minimum Gasteiger partial charge on any atom is -0.479 e. The molecule has 0 aromatic carbocycles. The van der Waals surface area contributed by atoms with E-state index < -0.39 is 60.1 Å². The van der Waals surface area contributed by atoms with Gasteiger partial charge in [-0.1, -0.05) is 12.8 Å². The molecule has 48 heavy (non-hydrogen) atoms. The minimum absolute atomic E-state index is 0.0181. The Hall–Kier alpha value is -3.91. The number of amidine groups is 1. The molecule has 0 unspecified atom stereocenters. The molecule has 1 N–H and O–H groups in total. The first kappa shape index (κ1) is 40.3. The van der Waals surface area contributed by atoms with Crippen molar-refractivity contribution in [1.29, 1.82) is 0 Å². The number of amides is 1. The van der Waals surface area contributed by atoms with Gasteiger partial charge in [-0.2, -0.15) is 0 Å². The van der Waals surface area contributed by atoms with Crippen LogP contribution in [0.15, 0.2) is 16.8 Å². The van der Waals surface area contributed by atoms with Gasteiger partial charge in [0.05, 0.1) is 52.8 Å². The Kier molecular flexibility index (Phi) is 17.7. The number of rotatable bonds is 19. The highest BCUT2D eigenvalue weighted by molar-refractivity contribution is 5.94. The number of carbonyl (C=O) groups excluding carboxylic acids is 4. The molecule has 0 aromatic heterocycles. The average Bonchev–Trinajstić information content (AvgIpc) is 3.45. The van der Waals surface area contributed by atoms with Crippen molar-refractivity contribution >= 4 is 30.0 Å². The highest BCUT2D eigenvalue weighted by atomic mass is 16.8. The van der Waals surface area contributed by atoms with Crippen molar-refractivity contribution in [3.05, 3.63) is 11.8 Å². The maximum Gasteiger partial charge on any atom is 0.508 e. The average molecular weight is 685 g/mol. The summed E-state index contributed by atoms with van der Waals surface area (Å²) in [5.74, 6) is 0.416. The smallest absolute Gasteiger partial charge is 0.479 e. The molecule has 0 aliphatic carbocycles. The van der Waals surface area contributed by atoms with Crippen LogP contribution in [-0.2, 0) is 57.0 Å². The number of hydrogen-bond acceptors (Lipinski definition) is 15. The lowest BCUT2D eigenvalue weighted by Crippen LogP contribution is -2.51. The third-order valence-electron chi connectivity index (χ3n) is 6.60. The first-order chi connectivity index (χ1) is 22.8. The van der Waals surface area contributed by atoms with Gasteiger partial charge in [0, 0.05) is 18.9 Å². The fourth-order valence-electron chi connectivity index (χ4n) is 4.42. The van der Waals surface area contributed by atoms with E-state index in [4.69, 9.17) is 53.8 Å². The predicted octanol–water partition coefficient (Wildman–Crippen LogP) is 2.32. The van der Waals surface area contributed by atoms with Crippen LogP contribution in [-0.4, -0.2) is 127 Å². The summed E-state index contributed by atoms with van der Waals surface area (Å²) >= 11 is 0. The van der Waals surface area contributed by atoms with Crippen LogP contribution < -0.4 is 5.32 Å². The number of alkyl carbamates (subject to hydrolysis) is 1. The Morgan fingerprint density at radius 1 is 1.04 bits per heavy atom. The van der Waals surface area contributed by atoms with Gasteiger partial charge >= 0.3 is 24.2 Å². The Balaban J connectivity index is 1.96. The van der Waals surface area contributed by atoms with E-state index in [0.717, 1.165) is 0 Å². The lowest BCUT2D eigenvalue weighted by Gasteiger charge is -2.38. The second-order valence-electron chi connectivity index (χ2n) is 11.7. The third-order valence-corrected chi connectivity index (χ3v) is 6.60. The number of carbonyl (C=O) groups is 4. The van der Waals surface area contributed by atoms with Gasteiger partial charge in [-0.3, -0.25) is 15.1 Å². The van der Waals surface area contributed by atoms with Crippen LogP contribution in [0.4, 0.5) is 9.59 Å². The Bertz CT molecular complexity index is 1160. The van der Waals surface area contributed by atoms with Gasteiger partial charge in [0.25, 0.3) is 0 Å². The molecule has 2 aliphatic heterocycles. The summed E-state index contributed by atoms with van der Waals surface area (Å²) in [7, 11) is 1.18. The summed E-state index contributed by atoms with van der Waals surface area (Å²) < 4.78 is 53.5. The lowest BCUT2D eigenvalue weighted by atomic mass is 9.87. The zero-order valence-electron chi connectivity index (χ0n) is 28.5. The second-order valence-corrected chi connectivity index (χ2v) is 11.7. The van der Waals surface area contributed by atoms with E-state index in [1.165, 1.54) is 13.2 Å². The number of methoxy groups -OCH3 is 1. The van der Waals surface area contributed by atoms with Crippen molar-refractivity contribution in [1.82, 2.24) is 5.32 Å². The molecular weight excluding hydrogens is 636 g/mol. The molecule has 2 rings (SSSR count). The maximum absolute atomic E-state index is 13.0. The van der Waals surface area contributed by atoms with Crippen LogP contribution in [0, 0.1) is 18.3 Å². The molecular formula is C32H48N2O14. The van der Waals surface area contributed by atoms with Gasteiger partial charge in [-0.15, -0.1) is 6.42 Å². The standard InChI is InChI=1S/C32H48N2O14/c1-8-11-40-13-15-42-17-18-43-16-14-41-12-9-10-26(35)47-28(25-20-44-31(38)46-25)27-21(2)23(19-24(45-27)29(36)39-7)33-22(3)34-30(37)48-32(4,5)6/h1,19,21,23,25,27-28H,9-18,20H2,2-7H3,(H,33,34,37)/t21-,23+,25-,27-,28-/m1/s1. The Labute approximate surface area is 281 Å². The van der Waals surface area contributed by atoms with Gasteiger partial charge in [0.15, 0.2) is 12.2 Å². The van der Waals surface area contributed by atoms with Gasteiger partial charge in [-0.25, -0.2) is 14.4 Å². The first-order valence-corrected chi connectivity index (χ1v) is 15.6. The number of cyclic esters (lactones) is 2. The Morgan fingerprint density at radius 2 is 1.67 bits per heavy atom. The summed E-state index contributed by atoms with van der Waals surface area (Å²) in [5, 5.41) is 2.55. The monoisotopic (exact) mass is 684 g/mol. The summed E-state index contributed by atoms with van der Waals surface area (Å²) in [6.07, 6.45) is 1.98. The SMILES string of the molecule is C#CCOCCOCCOCCOCCCC(=O)O[C@@H]([C@@H]1OC(C(=O)OC)=C[C@H](N=C(C)NC(=O)OC(C)(C)C)[C@H]1C)[C@H]1COC(=O)O1. The van der Waals surface area contributed by atoms with E-state index in [9.17, 15) is 19.2 Å². The van der Waals surface area contributed by atoms with E-state index in [1.807, 2.05) is 0 Å². The zero-order valence-corrected chi connectivity index (χ0v) is 28.5. The minimum atomic E-state index is -1.18. The number of nitrogens with zero attached hydrogens (tertiary/aromatic N) is 1. The molecule has 16 heteroatoms. The van der Waals surface area contributed by atoms with E-state index >= 15 is 0 Å². The molecule has 2 aliphatic rings. The zero-order chi connectivity index (χ0) is 35.5. The topological polar surface area (TPSA) is 185 Å². The number of aliphatic imine (C=N–C) groups is 1. The van der Waals surface area contributed by atoms with Crippen molar-refractivity contribution in [2.45, 2.75) is 77.4 Å². The van der Waals surface area contributed by atoms with Crippen molar-refractivity contribution in [2.24, 2.45) is 10.9 Å². The molecule has 0 bridgehead atoms. The normalized spacial score (nSPS) is 21.5. The summed E-state index contributed by atoms with van der Waals surface area (Å²) in [6, 6.07) is -0.748. The fourth-order valence-corrected chi connectivity index (χ4v) is 4.42. The number of esters is 2. The van der Waals surface area contributed by atoms with Crippen molar-refractivity contribution in [3.8, 4) is 12.3 Å². The molecule has 5 atom stereocenters. The molecule has 0 radical (unpaired) electrons. The lowest BCUT2D eigenvalue weighted by molar-refractivity contribution is -0.171. The van der Waals surface area contributed by atoms with Crippen LogP contribution in [0.2, 0.25) is 0 Å². The predicted molar refractivity (Wildman–Crippen MR) is 168 cm³/mol. The molecule has 16 nitrogen and oxygen atoms in total. The van der Waals surface area contributed by atoms with Gasteiger partial charge < -0.3 is 47.4 Å². The molecule has 0 saturated carbocycles. The van der Waals surface area contributed by atoms with Gasteiger partial charge in [0.1, 0.15) is 30.8 Å². The molecule has 1 fully saturated rings. The van der Waals surface area contributed by atoms with E-state index in [1.54, 1.807) is 34.6 Å². The highest BCUT2D eigenvalue weighted by Gasteiger charge is 2.48. The first-order valence-electron chi connectivity index (χ1n) is 15.6. The highest BCUT2D eigenvalue weighted by Crippen LogP contribution is 2.33. The second kappa shape index (κ2) is 21.1. The summed E-state index contributed by atoms with van der Waals surface area (Å²) in [6.45, 7) is 11.1. The Morgan fingerprint density at radius 3 is 2.23 bits per heavy atom. The number of terminal acetylenes is 1. The van der Waals surface area contributed by atoms with Crippen LogP contribution in [0.25, 0.3) is 0 Å². The fraction of sp³-hybridized carbons (Fsp3) is 0.719. The van der Waals surface area contributed by atoms with E-state index in [0.29, 0.717) is 46.1 Å². The van der Waals surface area contributed by atoms with Crippen LogP contribution >= 0.6 is 0 Å². The summed E-state index contributed by atoms with van der Waals surface area (Å²) in [5.41, 5.74) is -0.729. The molecule has 1 amide bonds. The number of hydrogen-bond donors (Lipinski definition) is 1. The molecule has 270 valence electrons. The van der Waals surface area contributed by atoms with E-state index in [-0.39, 0.29) is 37.8 Å². The number of nitrogens with one attached hydrogen (secondary N) is 1.